The van der Waals surface area contributed by atoms with Crippen LogP contribution in [0.2, 0.25) is 0 Å². The van der Waals surface area contributed by atoms with Gasteiger partial charge in [0.2, 0.25) is 0 Å². The van der Waals surface area contributed by atoms with Gasteiger partial charge in [-0.3, -0.25) is 9.98 Å². The van der Waals surface area contributed by atoms with Crippen LogP contribution in [0.15, 0.2) is 101 Å². The van der Waals surface area contributed by atoms with E-state index in [4.69, 9.17) is 0 Å². The van der Waals surface area contributed by atoms with E-state index in [1.165, 1.54) is 5.56 Å². The smallest absolute Gasteiger partial charge is 0.0834 e. The van der Waals surface area contributed by atoms with Crippen LogP contribution in [0.25, 0.3) is 0 Å². The molecule has 0 spiro atoms. The summed E-state index contributed by atoms with van der Waals surface area (Å²) in [5.41, 5.74) is 3.46. The molecule has 124 valence electrons. The highest BCUT2D eigenvalue weighted by Crippen LogP contribution is 2.44. The van der Waals surface area contributed by atoms with Crippen LogP contribution >= 0.6 is 0 Å². The maximum Gasteiger partial charge on any atom is 0.0834 e. The van der Waals surface area contributed by atoms with E-state index in [0.29, 0.717) is 0 Å². The molecule has 0 N–H and O–H groups in total. The average molecular weight is 326 g/mol. The topological polar surface area (TPSA) is 24.7 Å². The molecule has 3 aromatic carbocycles. The van der Waals surface area contributed by atoms with Crippen molar-refractivity contribution in [3.8, 4) is 0 Å². The van der Waals surface area contributed by atoms with Crippen LogP contribution in [0.3, 0.4) is 0 Å². The summed E-state index contributed by atoms with van der Waals surface area (Å²) < 4.78 is 0. The summed E-state index contributed by atoms with van der Waals surface area (Å²) in [4.78, 5) is 8.98. The van der Waals surface area contributed by atoms with Crippen LogP contribution < -0.4 is 0 Å². The third-order valence-corrected chi connectivity index (χ3v) is 4.54. The highest BCUT2D eigenvalue weighted by atomic mass is 14.8. The number of rotatable bonds is 7. The van der Waals surface area contributed by atoms with Crippen molar-refractivity contribution < 1.29 is 0 Å². The molecule has 2 atom stereocenters. The molecule has 0 amide bonds. The molecular weight excluding hydrogens is 304 g/mol. The van der Waals surface area contributed by atoms with Crippen LogP contribution in [-0.4, -0.2) is 13.4 Å². The van der Waals surface area contributed by atoms with E-state index < -0.39 is 0 Å². The van der Waals surface area contributed by atoms with Crippen LogP contribution in [0, 0.1) is 0 Å². The largest absolute Gasteiger partial charge is 0.292 e. The normalized spacial score (nSPS) is 14.2. The second-order valence-corrected chi connectivity index (χ2v) is 6.01. The molecule has 0 aliphatic rings. The molecule has 2 unspecified atom stereocenters. The number of hydrogen-bond donors (Lipinski definition) is 0. The Kier molecular flexibility index (Phi) is 5.53. The lowest BCUT2D eigenvalue weighted by Gasteiger charge is -2.30. The number of nitrogens with zero attached hydrogens (tertiary/aromatic N) is 2. The van der Waals surface area contributed by atoms with Crippen molar-refractivity contribution in [1.82, 2.24) is 0 Å². The van der Waals surface area contributed by atoms with Crippen molar-refractivity contribution in [3.63, 3.8) is 0 Å². The summed E-state index contributed by atoms with van der Waals surface area (Å²) in [6, 6.07) is 30.8. The van der Waals surface area contributed by atoms with Crippen LogP contribution in [-0.2, 0) is 0 Å². The molecule has 0 bridgehead atoms. The zero-order valence-corrected chi connectivity index (χ0v) is 14.2. The van der Waals surface area contributed by atoms with Gasteiger partial charge in [0, 0.05) is 5.92 Å². The minimum Gasteiger partial charge on any atom is -0.292 e. The summed E-state index contributed by atoms with van der Waals surface area (Å²) in [6.45, 7) is 7.76. The highest BCUT2D eigenvalue weighted by Gasteiger charge is 2.31. The second-order valence-electron chi connectivity index (χ2n) is 6.01. The summed E-state index contributed by atoms with van der Waals surface area (Å²) in [7, 11) is 0. The van der Waals surface area contributed by atoms with Crippen LogP contribution in [0.1, 0.15) is 34.7 Å². The summed E-state index contributed by atoms with van der Waals surface area (Å²) in [6.07, 6.45) is 0. The number of aliphatic imine (C=N–C) groups is 2. The fourth-order valence-electron chi connectivity index (χ4n) is 3.37. The number of benzene rings is 3. The Morgan fingerprint density at radius 2 is 0.800 bits per heavy atom. The first-order chi connectivity index (χ1) is 12.3. The van der Waals surface area contributed by atoms with E-state index in [-0.39, 0.29) is 18.0 Å². The lowest BCUT2D eigenvalue weighted by Crippen LogP contribution is -2.17. The van der Waals surface area contributed by atoms with E-state index >= 15 is 0 Å². The van der Waals surface area contributed by atoms with Crippen molar-refractivity contribution in [3.05, 3.63) is 108 Å². The molecule has 25 heavy (non-hydrogen) atoms. The maximum absolute atomic E-state index is 4.49. The van der Waals surface area contributed by atoms with Gasteiger partial charge in [0.05, 0.1) is 12.1 Å². The van der Waals surface area contributed by atoms with E-state index in [1.807, 2.05) is 42.5 Å². The van der Waals surface area contributed by atoms with Crippen molar-refractivity contribution >= 4 is 13.4 Å². The molecule has 2 heteroatoms. The van der Waals surface area contributed by atoms with Gasteiger partial charge in [0.25, 0.3) is 0 Å². The molecule has 2 nitrogen and oxygen atoms in total. The Labute approximate surface area is 149 Å². The third-order valence-electron chi connectivity index (χ3n) is 4.54. The standard InChI is InChI=1S/C23H22N2/c1-24-22(19-14-8-4-9-15-19)21(18-12-6-3-7-13-18)23(25-2)20-16-10-5-11-17-20/h3-17,21-23H,1-2H2. The molecule has 0 aromatic heterocycles. The first-order valence-electron chi connectivity index (χ1n) is 8.41. The molecule has 0 heterocycles. The van der Waals surface area contributed by atoms with Gasteiger partial charge >= 0.3 is 0 Å². The van der Waals surface area contributed by atoms with Crippen molar-refractivity contribution in [2.24, 2.45) is 9.98 Å². The summed E-state index contributed by atoms with van der Waals surface area (Å²) >= 11 is 0. The Hall–Kier alpha value is -3.00. The zero-order valence-electron chi connectivity index (χ0n) is 14.2. The Morgan fingerprint density at radius 3 is 1.12 bits per heavy atom. The SMILES string of the molecule is C=NC(c1ccccc1)C(c1ccccc1)C(N=C)c1ccccc1. The van der Waals surface area contributed by atoms with Gasteiger partial charge in [-0.15, -0.1) is 0 Å². The fraction of sp³-hybridized carbons (Fsp3) is 0.130. The molecule has 0 saturated carbocycles. The van der Waals surface area contributed by atoms with Gasteiger partial charge in [0.1, 0.15) is 0 Å². The predicted molar refractivity (Wildman–Crippen MR) is 107 cm³/mol. The molecule has 3 aromatic rings. The van der Waals surface area contributed by atoms with E-state index in [1.54, 1.807) is 0 Å². The van der Waals surface area contributed by atoms with E-state index in [0.717, 1.165) is 11.1 Å². The van der Waals surface area contributed by atoms with Crippen molar-refractivity contribution in [1.29, 1.82) is 0 Å². The monoisotopic (exact) mass is 326 g/mol. The van der Waals surface area contributed by atoms with Gasteiger partial charge in [-0.25, -0.2) is 0 Å². The average Bonchev–Trinajstić information content (AvgIpc) is 2.70. The van der Waals surface area contributed by atoms with Gasteiger partial charge in [-0.2, -0.15) is 0 Å². The van der Waals surface area contributed by atoms with Crippen LogP contribution in [0.4, 0.5) is 0 Å². The number of hydrogen-bond acceptors (Lipinski definition) is 2. The minimum atomic E-state index is -0.0979. The Bertz CT molecular complexity index is 746. The van der Waals surface area contributed by atoms with E-state index in [2.05, 4.69) is 72.0 Å². The quantitative estimate of drug-likeness (QED) is 0.501. The highest BCUT2D eigenvalue weighted by molar-refractivity contribution is 5.39. The Morgan fingerprint density at radius 1 is 0.480 bits per heavy atom. The van der Waals surface area contributed by atoms with Crippen molar-refractivity contribution in [2.75, 3.05) is 0 Å². The molecule has 0 radical (unpaired) electrons. The summed E-state index contributed by atoms with van der Waals surface area (Å²) in [5.74, 6) is 0.0287. The molecule has 0 saturated heterocycles. The van der Waals surface area contributed by atoms with Crippen molar-refractivity contribution in [2.45, 2.75) is 18.0 Å². The van der Waals surface area contributed by atoms with Gasteiger partial charge < -0.3 is 0 Å². The first-order valence-corrected chi connectivity index (χ1v) is 8.41. The first kappa shape index (κ1) is 16.8. The third kappa shape index (κ3) is 3.74. The Balaban J connectivity index is 2.12. The lowest BCUT2D eigenvalue weighted by atomic mass is 9.79. The molecule has 3 rings (SSSR count). The maximum atomic E-state index is 4.49. The molecule has 0 aliphatic carbocycles. The fourth-order valence-corrected chi connectivity index (χ4v) is 3.37. The van der Waals surface area contributed by atoms with Gasteiger partial charge in [-0.05, 0) is 30.1 Å². The van der Waals surface area contributed by atoms with Gasteiger partial charge in [-0.1, -0.05) is 91.0 Å². The van der Waals surface area contributed by atoms with Gasteiger partial charge in [0.15, 0.2) is 0 Å². The minimum absolute atomic E-state index is 0.0287. The lowest BCUT2D eigenvalue weighted by molar-refractivity contribution is 0.476. The second kappa shape index (κ2) is 8.20. The van der Waals surface area contributed by atoms with Crippen LogP contribution in [0.5, 0.6) is 0 Å². The predicted octanol–water partition coefficient (Wildman–Crippen LogP) is 5.65. The summed E-state index contributed by atoms with van der Waals surface area (Å²) in [5, 5.41) is 0. The molecule has 0 aliphatic heterocycles. The zero-order chi connectivity index (χ0) is 17.5. The molecular formula is C23H22N2. The van der Waals surface area contributed by atoms with E-state index in [9.17, 15) is 0 Å². The molecule has 0 fully saturated rings.